The molecule has 0 unspecified atom stereocenters. The van der Waals surface area contributed by atoms with Crippen molar-refractivity contribution in [3.8, 4) is 39.1 Å². The average Bonchev–Trinajstić information content (AvgIpc) is 3.54. The Kier molecular flexibility index (Phi) is 5.20. The molecule has 3 heterocycles. The standard InChI is InChI=1S/C38H24BNOS/c1-3-9-25(10-4-1)27-15-18-29(19-16-27)40-34-20-17-28(26-11-5-2-6-12-26)23-33(34)39-37-32(30-13-7-8-14-35(30)41-39)24-36-31(38(37)40)21-22-42-36/h1-24H. The minimum atomic E-state index is -0.201. The zero-order valence-electron chi connectivity index (χ0n) is 22.7. The Labute approximate surface area is 249 Å². The van der Waals surface area contributed by atoms with Crippen molar-refractivity contribution in [3.63, 3.8) is 0 Å². The number of hydrogen-bond donors (Lipinski definition) is 0. The summed E-state index contributed by atoms with van der Waals surface area (Å²) >= 11 is 1.80. The molecule has 0 aliphatic carbocycles. The van der Waals surface area contributed by atoms with Crippen LogP contribution < -0.4 is 20.5 Å². The van der Waals surface area contributed by atoms with Crippen molar-refractivity contribution in [1.29, 1.82) is 0 Å². The van der Waals surface area contributed by atoms with Gasteiger partial charge in [0.2, 0.25) is 0 Å². The van der Waals surface area contributed by atoms with E-state index in [1.807, 2.05) is 0 Å². The van der Waals surface area contributed by atoms with Crippen molar-refractivity contribution < 1.29 is 4.65 Å². The van der Waals surface area contributed by atoms with E-state index < -0.39 is 0 Å². The van der Waals surface area contributed by atoms with Gasteiger partial charge in [0, 0.05) is 32.5 Å². The fraction of sp³-hybridized carbons (Fsp3) is 0. The Morgan fingerprint density at radius 1 is 0.571 bits per heavy atom. The van der Waals surface area contributed by atoms with Gasteiger partial charge in [-0.3, -0.25) is 0 Å². The number of anilines is 3. The van der Waals surface area contributed by atoms with E-state index in [4.69, 9.17) is 4.65 Å². The summed E-state index contributed by atoms with van der Waals surface area (Å²) in [6, 6.07) is 50.2. The third-order valence-corrected chi connectivity index (χ3v) is 9.43. The second-order valence-electron chi connectivity index (χ2n) is 10.9. The smallest absolute Gasteiger partial charge is 0.431 e. The molecule has 0 saturated carbocycles. The van der Waals surface area contributed by atoms with Crippen molar-refractivity contribution in [2.24, 2.45) is 0 Å². The number of thiophene rings is 1. The fourth-order valence-electron chi connectivity index (χ4n) is 6.64. The van der Waals surface area contributed by atoms with Crippen LogP contribution in [0, 0.1) is 0 Å². The molecule has 1 aromatic heterocycles. The van der Waals surface area contributed by atoms with E-state index in [-0.39, 0.29) is 6.92 Å². The van der Waals surface area contributed by atoms with E-state index in [0.29, 0.717) is 0 Å². The monoisotopic (exact) mass is 553 g/mol. The molecule has 7 aromatic rings. The zero-order chi connectivity index (χ0) is 27.6. The number of para-hydroxylation sites is 1. The van der Waals surface area contributed by atoms with Gasteiger partial charge in [0.05, 0.1) is 5.69 Å². The Balaban J connectivity index is 1.32. The number of rotatable bonds is 3. The first-order valence-electron chi connectivity index (χ1n) is 14.3. The van der Waals surface area contributed by atoms with Gasteiger partial charge in [-0.1, -0.05) is 103 Å². The molecule has 4 heteroatoms. The molecular weight excluding hydrogens is 529 g/mol. The summed E-state index contributed by atoms with van der Waals surface area (Å²) in [5.74, 6) is 0.939. The second-order valence-corrected chi connectivity index (χ2v) is 11.8. The van der Waals surface area contributed by atoms with Crippen molar-refractivity contribution in [2.45, 2.75) is 0 Å². The van der Waals surface area contributed by atoms with E-state index >= 15 is 0 Å². The van der Waals surface area contributed by atoms with Gasteiger partial charge in [-0.05, 0) is 75.1 Å². The predicted octanol–water partition coefficient (Wildman–Crippen LogP) is 9.18. The van der Waals surface area contributed by atoms with Crippen molar-refractivity contribution >= 4 is 56.3 Å². The molecule has 0 atom stereocenters. The first-order chi connectivity index (χ1) is 20.8. The first-order valence-corrected chi connectivity index (χ1v) is 15.2. The highest BCUT2D eigenvalue weighted by atomic mass is 32.1. The lowest BCUT2D eigenvalue weighted by atomic mass is 9.49. The molecule has 0 radical (unpaired) electrons. The summed E-state index contributed by atoms with van der Waals surface area (Å²) in [4.78, 5) is 2.46. The summed E-state index contributed by atoms with van der Waals surface area (Å²) in [6.07, 6.45) is 0. The van der Waals surface area contributed by atoms with Crippen LogP contribution in [-0.2, 0) is 0 Å². The Morgan fingerprint density at radius 2 is 1.24 bits per heavy atom. The second kappa shape index (κ2) is 9.23. The van der Waals surface area contributed by atoms with Gasteiger partial charge in [0.1, 0.15) is 5.75 Å². The van der Waals surface area contributed by atoms with E-state index in [0.717, 1.165) is 22.7 Å². The van der Waals surface area contributed by atoms with Gasteiger partial charge >= 0.3 is 6.92 Å². The average molecular weight is 553 g/mol. The SMILES string of the molecule is c1ccc(-c2ccc(N3c4ccc(-c5ccccc5)cc4B4Oc5ccccc5-c5cc6sccc6c3c54)cc2)cc1. The van der Waals surface area contributed by atoms with E-state index in [1.165, 1.54) is 54.5 Å². The van der Waals surface area contributed by atoms with E-state index in [9.17, 15) is 0 Å². The highest BCUT2D eigenvalue weighted by Crippen LogP contribution is 2.47. The lowest BCUT2D eigenvalue weighted by molar-refractivity contribution is 0.590. The summed E-state index contributed by atoms with van der Waals surface area (Å²) in [6.45, 7) is -0.201. The van der Waals surface area contributed by atoms with Crippen LogP contribution in [0.2, 0.25) is 0 Å². The number of benzene rings is 6. The van der Waals surface area contributed by atoms with Gasteiger partial charge in [-0.25, -0.2) is 0 Å². The number of fused-ring (bicyclic) bond motifs is 6. The van der Waals surface area contributed by atoms with Gasteiger partial charge < -0.3 is 9.55 Å². The number of hydrogen-bond acceptors (Lipinski definition) is 3. The third kappa shape index (κ3) is 3.52. The normalized spacial score (nSPS) is 12.9. The Hall–Kier alpha value is -5.06. The van der Waals surface area contributed by atoms with Crippen LogP contribution in [0.4, 0.5) is 17.1 Å². The van der Waals surface area contributed by atoms with Gasteiger partial charge in [-0.15, -0.1) is 11.3 Å². The molecule has 196 valence electrons. The molecule has 2 nitrogen and oxygen atoms in total. The minimum Gasteiger partial charge on any atom is -0.551 e. The summed E-state index contributed by atoms with van der Waals surface area (Å²) in [5, 5.41) is 3.47. The maximum absolute atomic E-state index is 6.92. The Bertz CT molecular complexity index is 2120. The molecule has 0 spiro atoms. The van der Waals surface area contributed by atoms with Crippen LogP contribution in [-0.4, -0.2) is 6.92 Å². The van der Waals surface area contributed by atoms with Gasteiger partial charge in [0.15, 0.2) is 0 Å². The molecule has 2 aliphatic rings. The quantitative estimate of drug-likeness (QED) is 0.202. The fourth-order valence-corrected chi connectivity index (χ4v) is 7.46. The van der Waals surface area contributed by atoms with Crippen LogP contribution >= 0.6 is 11.3 Å². The molecule has 6 aromatic carbocycles. The van der Waals surface area contributed by atoms with Crippen molar-refractivity contribution in [2.75, 3.05) is 4.90 Å². The lowest BCUT2D eigenvalue weighted by Crippen LogP contribution is -2.56. The molecule has 0 amide bonds. The zero-order valence-corrected chi connectivity index (χ0v) is 23.5. The van der Waals surface area contributed by atoms with Gasteiger partial charge in [0.25, 0.3) is 0 Å². The van der Waals surface area contributed by atoms with Crippen LogP contribution in [0.1, 0.15) is 0 Å². The predicted molar refractivity (Wildman–Crippen MR) is 178 cm³/mol. The molecule has 0 saturated heterocycles. The van der Waals surface area contributed by atoms with Gasteiger partial charge in [-0.2, -0.15) is 0 Å². The Morgan fingerprint density at radius 3 is 2.02 bits per heavy atom. The van der Waals surface area contributed by atoms with Crippen LogP contribution in [0.3, 0.4) is 0 Å². The number of nitrogens with zero attached hydrogens (tertiary/aromatic N) is 1. The lowest BCUT2D eigenvalue weighted by Gasteiger charge is -2.40. The molecule has 42 heavy (non-hydrogen) atoms. The van der Waals surface area contributed by atoms with Crippen molar-refractivity contribution in [1.82, 2.24) is 0 Å². The minimum absolute atomic E-state index is 0.201. The highest BCUT2D eigenvalue weighted by Gasteiger charge is 2.43. The van der Waals surface area contributed by atoms with E-state index in [2.05, 4.69) is 150 Å². The van der Waals surface area contributed by atoms with Crippen LogP contribution in [0.5, 0.6) is 5.75 Å². The maximum atomic E-state index is 6.92. The molecule has 0 N–H and O–H groups in total. The molecule has 0 fully saturated rings. The molecule has 0 bridgehead atoms. The molecule has 9 rings (SSSR count). The van der Waals surface area contributed by atoms with Crippen molar-refractivity contribution in [3.05, 3.63) is 145 Å². The third-order valence-electron chi connectivity index (χ3n) is 8.57. The van der Waals surface area contributed by atoms with Crippen LogP contribution in [0.25, 0.3) is 43.5 Å². The largest absolute Gasteiger partial charge is 0.551 e. The molecular formula is C38H24BNOS. The summed E-state index contributed by atoms with van der Waals surface area (Å²) in [5.41, 5.74) is 13.2. The maximum Gasteiger partial charge on any atom is 0.431 e. The van der Waals surface area contributed by atoms with E-state index in [1.54, 1.807) is 11.3 Å². The highest BCUT2D eigenvalue weighted by molar-refractivity contribution is 7.17. The van der Waals surface area contributed by atoms with Crippen LogP contribution in [0.15, 0.2) is 145 Å². The topological polar surface area (TPSA) is 12.5 Å². The molecule has 2 aliphatic heterocycles. The summed E-state index contributed by atoms with van der Waals surface area (Å²) in [7, 11) is 0. The first kappa shape index (κ1) is 23.6. The summed E-state index contributed by atoms with van der Waals surface area (Å²) < 4.78 is 8.21.